The molecule has 1 aliphatic rings. The van der Waals surface area contributed by atoms with Gasteiger partial charge in [0, 0.05) is 43.2 Å². The maximum absolute atomic E-state index is 12.6. The quantitative estimate of drug-likeness (QED) is 0.457. The Labute approximate surface area is 146 Å². The highest BCUT2D eigenvalue weighted by Gasteiger charge is 2.27. The topological polar surface area (TPSA) is 59.0 Å². The lowest BCUT2D eigenvalue weighted by molar-refractivity contribution is 0.0806. The molecule has 1 aliphatic heterocycles. The Balaban J connectivity index is 1.60. The Kier molecular flexibility index (Phi) is 5.93. The van der Waals surface area contributed by atoms with E-state index in [4.69, 9.17) is 0 Å². The summed E-state index contributed by atoms with van der Waals surface area (Å²) in [5, 5.41) is 0.822. The maximum atomic E-state index is 12.6. The van der Waals surface area contributed by atoms with Gasteiger partial charge in [-0.1, -0.05) is 24.8 Å². The summed E-state index contributed by atoms with van der Waals surface area (Å²) in [6.45, 7) is 4.68. The zero-order chi connectivity index (χ0) is 16.8. The number of likely N-dealkylation sites (tertiary alicyclic amines) is 1. The standard InChI is InChI=1S/C18H22N4OS/c1-2-24-18-20-10-14(11-21-18)12-22-9-5-6-15(13-22)17(23)16-7-3-4-8-19-16/h3-4,7-8,10-11,15H,2,5-6,9,12-13H2,1H3/t15-/m1/s1. The van der Waals surface area contributed by atoms with Gasteiger partial charge in [-0.3, -0.25) is 14.7 Å². The number of hydrogen-bond acceptors (Lipinski definition) is 6. The fourth-order valence-corrected chi connectivity index (χ4v) is 3.53. The molecule has 2 aromatic heterocycles. The molecular weight excluding hydrogens is 320 g/mol. The third-order valence-electron chi connectivity index (χ3n) is 4.15. The Morgan fingerprint density at radius 1 is 1.29 bits per heavy atom. The summed E-state index contributed by atoms with van der Waals surface area (Å²) in [7, 11) is 0. The largest absolute Gasteiger partial charge is 0.298 e. The van der Waals surface area contributed by atoms with E-state index < -0.39 is 0 Å². The molecule has 1 fully saturated rings. The number of piperidine rings is 1. The fraction of sp³-hybridized carbons (Fsp3) is 0.444. The molecule has 1 saturated heterocycles. The normalized spacial score (nSPS) is 18.5. The van der Waals surface area contributed by atoms with E-state index >= 15 is 0 Å². The Morgan fingerprint density at radius 3 is 2.83 bits per heavy atom. The predicted molar refractivity (Wildman–Crippen MR) is 95.0 cm³/mol. The molecule has 6 heteroatoms. The molecule has 0 spiro atoms. The summed E-state index contributed by atoms with van der Waals surface area (Å²) in [5.74, 6) is 1.17. The highest BCUT2D eigenvalue weighted by Crippen LogP contribution is 2.22. The molecule has 3 rings (SSSR count). The molecule has 3 heterocycles. The van der Waals surface area contributed by atoms with Gasteiger partial charge in [-0.25, -0.2) is 9.97 Å². The predicted octanol–water partition coefficient (Wildman–Crippen LogP) is 3.08. The summed E-state index contributed by atoms with van der Waals surface area (Å²) in [5.41, 5.74) is 1.68. The van der Waals surface area contributed by atoms with Crippen LogP contribution in [-0.4, -0.2) is 44.5 Å². The highest BCUT2D eigenvalue weighted by atomic mass is 32.2. The van der Waals surface area contributed by atoms with Crippen LogP contribution in [0, 0.1) is 5.92 Å². The molecule has 0 amide bonds. The number of pyridine rings is 1. The molecule has 1 atom stereocenters. The van der Waals surface area contributed by atoms with Crippen molar-refractivity contribution < 1.29 is 4.79 Å². The van der Waals surface area contributed by atoms with Crippen molar-refractivity contribution in [2.45, 2.75) is 31.5 Å². The van der Waals surface area contributed by atoms with E-state index in [1.807, 2.05) is 24.5 Å². The van der Waals surface area contributed by atoms with E-state index in [1.165, 1.54) is 0 Å². The molecule has 0 aromatic carbocycles. The fourth-order valence-electron chi connectivity index (χ4n) is 3.02. The Morgan fingerprint density at radius 2 is 2.12 bits per heavy atom. The molecule has 0 aliphatic carbocycles. The minimum Gasteiger partial charge on any atom is -0.298 e. The average Bonchev–Trinajstić information content (AvgIpc) is 2.64. The molecule has 5 nitrogen and oxygen atoms in total. The minimum atomic E-state index is 0.0319. The van der Waals surface area contributed by atoms with Crippen molar-refractivity contribution in [1.29, 1.82) is 0 Å². The van der Waals surface area contributed by atoms with Gasteiger partial charge in [-0.15, -0.1) is 0 Å². The molecule has 0 N–H and O–H groups in total. The molecule has 126 valence electrons. The van der Waals surface area contributed by atoms with Crippen LogP contribution >= 0.6 is 11.8 Å². The summed E-state index contributed by atoms with van der Waals surface area (Å²) in [6.07, 6.45) is 7.45. The van der Waals surface area contributed by atoms with Crippen LogP contribution < -0.4 is 0 Å². The van der Waals surface area contributed by atoms with Crippen LogP contribution in [-0.2, 0) is 6.54 Å². The number of aromatic nitrogens is 3. The first-order valence-corrected chi connectivity index (χ1v) is 9.36. The van der Waals surface area contributed by atoms with Crippen molar-refractivity contribution in [3.63, 3.8) is 0 Å². The van der Waals surface area contributed by atoms with Crippen LogP contribution in [0.5, 0.6) is 0 Å². The minimum absolute atomic E-state index is 0.0319. The maximum Gasteiger partial charge on any atom is 0.187 e. The van der Waals surface area contributed by atoms with Crippen LogP contribution in [0.25, 0.3) is 0 Å². The van der Waals surface area contributed by atoms with Crippen LogP contribution in [0.1, 0.15) is 35.8 Å². The van der Waals surface area contributed by atoms with Crippen LogP contribution in [0.3, 0.4) is 0 Å². The van der Waals surface area contributed by atoms with Crippen molar-refractivity contribution in [3.8, 4) is 0 Å². The number of rotatable bonds is 6. The van der Waals surface area contributed by atoms with E-state index in [9.17, 15) is 4.79 Å². The molecule has 0 bridgehead atoms. The molecular formula is C18H22N4OS. The van der Waals surface area contributed by atoms with E-state index in [0.717, 1.165) is 48.9 Å². The monoisotopic (exact) mass is 342 g/mol. The van der Waals surface area contributed by atoms with Crippen LogP contribution in [0.4, 0.5) is 0 Å². The van der Waals surface area contributed by atoms with Crippen molar-refractivity contribution in [2.75, 3.05) is 18.8 Å². The average molecular weight is 342 g/mol. The molecule has 24 heavy (non-hydrogen) atoms. The van der Waals surface area contributed by atoms with E-state index in [1.54, 1.807) is 24.0 Å². The lowest BCUT2D eigenvalue weighted by Gasteiger charge is -2.31. The second kappa shape index (κ2) is 8.35. The van der Waals surface area contributed by atoms with Gasteiger partial charge in [0.2, 0.25) is 0 Å². The summed E-state index contributed by atoms with van der Waals surface area (Å²) < 4.78 is 0. The van der Waals surface area contributed by atoms with Gasteiger partial charge in [0.25, 0.3) is 0 Å². The van der Waals surface area contributed by atoms with Gasteiger partial charge in [0.05, 0.1) is 0 Å². The molecule has 0 radical (unpaired) electrons. The number of thioether (sulfide) groups is 1. The van der Waals surface area contributed by atoms with Crippen molar-refractivity contribution >= 4 is 17.5 Å². The summed E-state index contributed by atoms with van der Waals surface area (Å²) in [6, 6.07) is 5.51. The van der Waals surface area contributed by atoms with Crippen LogP contribution in [0.15, 0.2) is 41.9 Å². The first-order chi connectivity index (χ1) is 11.8. The van der Waals surface area contributed by atoms with Gasteiger partial charge in [0.1, 0.15) is 5.69 Å². The number of carbonyl (C=O) groups is 1. The van der Waals surface area contributed by atoms with Gasteiger partial charge >= 0.3 is 0 Å². The second-order valence-corrected chi connectivity index (χ2v) is 7.19. The molecule has 2 aromatic rings. The first-order valence-electron chi connectivity index (χ1n) is 8.37. The molecule has 0 unspecified atom stereocenters. The van der Waals surface area contributed by atoms with Gasteiger partial charge in [-0.05, 0) is 37.3 Å². The van der Waals surface area contributed by atoms with Gasteiger partial charge in [-0.2, -0.15) is 0 Å². The summed E-state index contributed by atoms with van der Waals surface area (Å²) in [4.78, 5) is 27.9. The van der Waals surface area contributed by atoms with Crippen molar-refractivity contribution in [1.82, 2.24) is 19.9 Å². The van der Waals surface area contributed by atoms with E-state index in [0.29, 0.717) is 5.69 Å². The number of ketones is 1. The van der Waals surface area contributed by atoms with Gasteiger partial charge in [0.15, 0.2) is 10.9 Å². The lowest BCUT2D eigenvalue weighted by Crippen LogP contribution is -2.38. The number of Topliss-reactive ketones (excluding diaryl/α,β-unsaturated/α-hetero) is 1. The second-order valence-electron chi connectivity index (χ2n) is 5.96. The third-order valence-corrected chi connectivity index (χ3v) is 4.91. The third kappa shape index (κ3) is 4.39. The van der Waals surface area contributed by atoms with Crippen LogP contribution in [0.2, 0.25) is 0 Å². The number of carbonyl (C=O) groups excluding carboxylic acids is 1. The smallest absolute Gasteiger partial charge is 0.187 e. The molecule has 0 saturated carbocycles. The number of nitrogens with zero attached hydrogens (tertiary/aromatic N) is 4. The number of hydrogen-bond donors (Lipinski definition) is 0. The van der Waals surface area contributed by atoms with E-state index in [2.05, 4.69) is 26.8 Å². The Bertz CT molecular complexity index is 662. The SMILES string of the molecule is CCSc1ncc(CN2CCC[C@@H](C(=O)c3ccccn3)C2)cn1. The van der Waals surface area contributed by atoms with Crippen molar-refractivity contribution in [2.24, 2.45) is 5.92 Å². The zero-order valence-corrected chi connectivity index (χ0v) is 14.7. The Hall–Kier alpha value is -1.79. The van der Waals surface area contributed by atoms with Crippen molar-refractivity contribution in [3.05, 3.63) is 48.0 Å². The van der Waals surface area contributed by atoms with Gasteiger partial charge < -0.3 is 0 Å². The lowest BCUT2D eigenvalue weighted by atomic mass is 9.92. The highest BCUT2D eigenvalue weighted by molar-refractivity contribution is 7.99. The first kappa shape index (κ1) is 17.0. The zero-order valence-electron chi connectivity index (χ0n) is 13.9. The van der Waals surface area contributed by atoms with E-state index in [-0.39, 0.29) is 11.7 Å². The summed E-state index contributed by atoms with van der Waals surface area (Å²) >= 11 is 1.64.